The van der Waals surface area contributed by atoms with Crippen molar-refractivity contribution in [3.05, 3.63) is 150 Å². The van der Waals surface area contributed by atoms with Gasteiger partial charge in [-0.05, 0) is 91.4 Å². The van der Waals surface area contributed by atoms with Gasteiger partial charge in [-0.1, -0.05) is 135 Å². The van der Waals surface area contributed by atoms with E-state index in [-0.39, 0.29) is 5.41 Å². The predicted molar refractivity (Wildman–Crippen MR) is 175 cm³/mol. The van der Waals surface area contributed by atoms with Crippen molar-refractivity contribution >= 4 is 5.69 Å². The van der Waals surface area contributed by atoms with Gasteiger partial charge in [0.2, 0.25) is 0 Å². The molecule has 0 saturated heterocycles. The van der Waals surface area contributed by atoms with Gasteiger partial charge in [0.25, 0.3) is 0 Å². The van der Waals surface area contributed by atoms with Crippen LogP contribution in [0.2, 0.25) is 0 Å². The highest BCUT2D eigenvalue weighted by molar-refractivity contribution is 6.12. The fraction of sp³-hybridized carbons (Fsp3) is 0.100. The molecule has 6 aromatic rings. The van der Waals surface area contributed by atoms with Crippen LogP contribution in [0.3, 0.4) is 0 Å². The van der Waals surface area contributed by atoms with Crippen LogP contribution in [0.4, 0.5) is 5.69 Å². The average molecular weight is 528 g/mol. The summed E-state index contributed by atoms with van der Waals surface area (Å²) in [4.78, 5) is 0. The van der Waals surface area contributed by atoms with Gasteiger partial charge in [0.05, 0.1) is 0 Å². The second kappa shape index (κ2) is 9.64. The summed E-state index contributed by atoms with van der Waals surface area (Å²) in [6.07, 6.45) is 0. The second-order valence-electron chi connectivity index (χ2n) is 11.6. The Morgan fingerprint density at radius 3 is 1.27 bits per heavy atom. The Morgan fingerprint density at radius 1 is 0.463 bits per heavy atom. The number of nitrogens with two attached hydrogens (primary N) is 1. The van der Waals surface area contributed by atoms with E-state index in [4.69, 9.17) is 5.73 Å². The lowest BCUT2D eigenvalue weighted by atomic mass is 9.72. The van der Waals surface area contributed by atoms with Gasteiger partial charge in [-0.2, -0.15) is 0 Å². The van der Waals surface area contributed by atoms with E-state index in [0.717, 1.165) is 11.3 Å². The molecule has 2 N–H and O–H groups in total. The van der Waals surface area contributed by atoms with Crippen molar-refractivity contribution in [2.45, 2.75) is 26.2 Å². The first-order chi connectivity index (χ1) is 20.0. The van der Waals surface area contributed by atoms with Crippen LogP contribution >= 0.6 is 0 Å². The zero-order valence-electron chi connectivity index (χ0n) is 23.8. The third kappa shape index (κ3) is 3.92. The molecule has 198 valence electrons. The van der Waals surface area contributed by atoms with Gasteiger partial charge in [0.15, 0.2) is 0 Å². The molecule has 0 spiro atoms. The predicted octanol–water partition coefficient (Wildman–Crippen LogP) is 10.6. The molecule has 0 unspecified atom stereocenters. The molecule has 0 heterocycles. The number of rotatable bonds is 4. The maximum Gasteiger partial charge on any atom is 0.0347 e. The van der Waals surface area contributed by atoms with Crippen LogP contribution in [-0.4, -0.2) is 0 Å². The molecule has 6 aromatic carbocycles. The topological polar surface area (TPSA) is 26.0 Å². The van der Waals surface area contributed by atoms with E-state index in [1.807, 2.05) is 0 Å². The lowest BCUT2D eigenvalue weighted by Gasteiger charge is -2.30. The maximum atomic E-state index is 6.59. The molecule has 0 aromatic heterocycles. The fourth-order valence-corrected chi connectivity index (χ4v) is 6.80. The number of benzene rings is 6. The zero-order valence-corrected chi connectivity index (χ0v) is 23.8. The smallest absolute Gasteiger partial charge is 0.0347 e. The number of fused-ring (bicyclic) bond motifs is 3. The first-order valence-electron chi connectivity index (χ1n) is 14.3. The van der Waals surface area contributed by atoms with Crippen molar-refractivity contribution in [2.24, 2.45) is 0 Å². The number of aryl methyl sites for hydroxylation is 1. The SMILES string of the molecule is Cc1cc2c(cc1N)C(C)(C)c1c(-c3ccccc3)c(-c3ccccc3)c(-c3ccccc3)c(-c3ccccc3)c1-2. The van der Waals surface area contributed by atoms with Crippen LogP contribution in [-0.2, 0) is 5.41 Å². The summed E-state index contributed by atoms with van der Waals surface area (Å²) < 4.78 is 0. The van der Waals surface area contributed by atoms with E-state index in [2.05, 4.69) is 154 Å². The minimum atomic E-state index is -0.264. The van der Waals surface area contributed by atoms with Gasteiger partial charge in [0.1, 0.15) is 0 Å². The van der Waals surface area contributed by atoms with E-state index >= 15 is 0 Å². The van der Waals surface area contributed by atoms with E-state index in [1.54, 1.807) is 0 Å². The largest absolute Gasteiger partial charge is 0.399 e. The first-order valence-corrected chi connectivity index (χ1v) is 14.3. The Hall–Kier alpha value is -4.88. The molecule has 0 bridgehead atoms. The third-order valence-electron chi connectivity index (χ3n) is 8.72. The van der Waals surface area contributed by atoms with Crippen molar-refractivity contribution < 1.29 is 0 Å². The summed E-state index contributed by atoms with van der Waals surface area (Å²) in [6.45, 7) is 6.85. The maximum absolute atomic E-state index is 6.59. The van der Waals surface area contributed by atoms with Crippen LogP contribution < -0.4 is 5.73 Å². The van der Waals surface area contributed by atoms with Gasteiger partial charge in [-0.15, -0.1) is 0 Å². The molecule has 0 atom stereocenters. The molecule has 1 aliphatic carbocycles. The fourth-order valence-electron chi connectivity index (χ4n) is 6.80. The van der Waals surface area contributed by atoms with E-state index < -0.39 is 0 Å². The molecule has 0 saturated carbocycles. The van der Waals surface area contributed by atoms with Crippen LogP contribution in [0.1, 0.15) is 30.5 Å². The molecule has 7 rings (SSSR count). The number of hydrogen-bond acceptors (Lipinski definition) is 1. The number of anilines is 1. The van der Waals surface area contributed by atoms with Crippen molar-refractivity contribution in [1.29, 1.82) is 0 Å². The van der Waals surface area contributed by atoms with Gasteiger partial charge in [0, 0.05) is 11.1 Å². The minimum absolute atomic E-state index is 0.264. The molecule has 1 nitrogen and oxygen atoms in total. The average Bonchev–Trinajstić information content (AvgIpc) is 3.23. The standard InChI is InChI=1S/C40H33N/c1-26-24-31-32(25-33(26)41)40(2,3)39-37(30-22-14-7-15-23-30)35(28-18-10-5-11-19-28)34(27-16-8-4-9-17-27)36(38(31)39)29-20-12-6-13-21-29/h4-25H,41H2,1-3H3. The highest BCUT2D eigenvalue weighted by Crippen LogP contribution is 2.61. The van der Waals surface area contributed by atoms with Crippen LogP contribution in [0.5, 0.6) is 0 Å². The third-order valence-corrected chi connectivity index (χ3v) is 8.72. The van der Waals surface area contributed by atoms with E-state index in [9.17, 15) is 0 Å². The molecule has 0 amide bonds. The number of nitrogen functional groups attached to an aromatic ring is 1. The Morgan fingerprint density at radius 2 is 0.829 bits per heavy atom. The molecule has 1 aliphatic rings. The Kier molecular flexibility index (Phi) is 5.91. The summed E-state index contributed by atoms with van der Waals surface area (Å²) in [7, 11) is 0. The Bertz CT molecular complexity index is 1880. The van der Waals surface area contributed by atoms with E-state index in [0.29, 0.717) is 0 Å². The minimum Gasteiger partial charge on any atom is -0.399 e. The summed E-state index contributed by atoms with van der Waals surface area (Å²) >= 11 is 0. The quantitative estimate of drug-likeness (QED) is 0.227. The lowest BCUT2D eigenvalue weighted by Crippen LogP contribution is -2.17. The molecular formula is C40H33N. The highest BCUT2D eigenvalue weighted by Gasteiger charge is 2.42. The van der Waals surface area contributed by atoms with Crippen LogP contribution in [0, 0.1) is 6.92 Å². The van der Waals surface area contributed by atoms with Crippen LogP contribution in [0.15, 0.2) is 133 Å². The lowest BCUT2D eigenvalue weighted by molar-refractivity contribution is 0.662. The summed E-state index contributed by atoms with van der Waals surface area (Å²) in [5, 5.41) is 0. The second-order valence-corrected chi connectivity index (χ2v) is 11.6. The monoisotopic (exact) mass is 527 g/mol. The molecule has 41 heavy (non-hydrogen) atoms. The van der Waals surface area contributed by atoms with Gasteiger partial charge < -0.3 is 5.73 Å². The number of hydrogen-bond donors (Lipinski definition) is 1. The van der Waals surface area contributed by atoms with Crippen molar-refractivity contribution in [3.8, 4) is 55.6 Å². The highest BCUT2D eigenvalue weighted by atomic mass is 14.6. The van der Waals surface area contributed by atoms with Crippen molar-refractivity contribution in [2.75, 3.05) is 5.73 Å². The summed E-state index contributed by atoms with van der Waals surface area (Å²) in [5.74, 6) is 0. The van der Waals surface area contributed by atoms with Crippen LogP contribution in [0.25, 0.3) is 55.6 Å². The Labute approximate surface area is 243 Å². The Balaban J connectivity index is 1.80. The molecule has 0 fully saturated rings. The van der Waals surface area contributed by atoms with Crippen molar-refractivity contribution in [3.63, 3.8) is 0 Å². The van der Waals surface area contributed by atoms with Gasteiger partial charge in [-0.3, -0.25) is 0 Å². The zero-order chi connectivity index (χ0) is 28.1. The molecular weight excluding hydrogens is 494 g/mol. The van der Waals surface area contributed by atoms with Gasteiger partial charge >= 0.3 is 0 Å². The normalized spacial score (nSPS) is 13.0. The molecule has 1 heteroatoms. The summed E-state index contributed by atoms with van der Waals surface area (Å²) in [6, 6.07) is 48.2. The molecule has 0 radical (unpaired) electrons. The summed E-state index contributed by atoms with van der Waals surface area (Å²) in [5.41, 5.74) is 23.5. The first kappa shape index (κ1) is 25.1. The van der Waals surface area contributed by atoms with E-state index in [1.165, 1.54) is 66.8 Å². The van der Waals surface area contributed by atoms with Crippen molar-refractivity contribution in [1.82, 2.24) is 0 Å². The van der Waals surface area contributed by atoms with Gasteiger partial charge in [-0.25, -0.2) is 0 Å². The molecule has 0 aliphatic heterocycles.